The Morgan fingerprint density at radius 1 is 1.35 bits per heavy atom. The number of aromatic nitrogens is 1. The molecule has 0 bridgehead atoms. The van der Waals surface area contributed by atoms with Gasteiger partial charge in [0.15, 0.2) is 11.6 Å². The molecule has 0 spiro atoms. The third-order valence-electron chi connectivity index (χ3n) is 3.00. The van der Waals surface area contributed by atoms with Crippen molar-refractivity contribution in [1.82, 2.24) is 10.3 Å². The quantitative estimate of drug-likeness (QED) is 0.878. The largest absolute Gasteiger partial charge is 0.493 e. The van der Waals surface area contributed by atoms with Crippen LogP contribution in [0.2, 0.25) is 0 Å². The third kappa shape index (κ3) is 2.49. The van der Waals surface area contributed by atoms with Crippen LogP contribution in [0.1, 0.15) is 31.0 Å². The van der Waals surface area contributed by atoms with Crippen LogP contribution in [0.15, 0.2) is 6.07 Å². The van der Waals surface area contributed by atoms with Gasteiger partial charge in [-0.2, -0.15) is 0 Å². The van der Waals surface area contributed by atoms with Crippen molar-refractivity contribution in [2.45, 2.75) is 25.3 Å². The fourth-order valence-electron chi connectivity index (χ4n) is 2.07. The Morgan fingerprint density at radius 3 is 2.76 bits per heavy atom. The molecule has 1 N–H and O–H groups in total. The Morgan fingerprint density at radius 2 is 2.18 bits per heavy atom. The number of hydrogen-bond donors (Lipinski definition) is 1. The van der Waals surface area contributed by atoms with E-state index in [0.717, 1.165) is 25.8 Å². The van der Waals surface area contributed by atoms with Crippen molar-refractivity contribution in [2.75, 3.05) is 20.8 Å². The molecule has 1 saturated heterocycles. The van der Waals surface area contributed by atoms with Gasteiger partial charge in [0, 0.05) is 6.07 Å². The minimum atomic E-state index is -0.396. The van der Waals surface area contributed by atoms with E-state index in [1.807, 2.05) is 0 Å². The van der Waals surface area contributed by atoms with Crippen molar-refractivity contribution in [3.8, 4) is 11.6 Å². The second-order valence-corrected chi connectivity index (χ2v) is 4.07. The van der Waals surface area contributed by atoms with Crippen molar-refractivity contribution < 1.29 is 13.9 Å². The second-order valence-electron chi connectivity index (χ2n) is 4.07. The standard InChI is InChI=1S/C12H17FN2O2/c1-16-9-7-10(17-2)15-12(11(9)13)8-5-3-4-6-14-8/h7-8,14H,3-6H2,1-2H3. The molecule has 1 fully saturated rings. The lowest BCUT2D eigenvalue weighted by molar-refractivity contribution is 0.340. The molecule has 0 aromatic carbocycles. The number of nitrogens with one attached hydrogen (secondary N) is 1. The lowest BCUT2D eigenvalue weighted by Gasteiger charge is -2.24. The molecule has 0 amide bonds. The molecular weight excluding hydrogens is 223 g/mol. The van der Waals surface area contributed by atoms with E-state index in [0.29, 0.717) is 11.6 Å². The molecule has 4 nitrogen and oxygen atoms in total. The van der Waals surface area contributed by atoms with Crippen molar-refractivity contribution in [1.29, 1.82) is 0 Å². The number of rotatable bonds is 3. The summed E-state index contributed by atoms with van der Waals surface area (Å²) in [7, 11) is 2.95. The zero-order chi connectivity index (χ0) is 12.3. The highest BCUT2D eigenvalue weighted by atomic mass is 19.1. The maximum atomic E-state index is 14.1. The number of hydrogen-bond acceptors (Lipinski definition) is 4. The molecule has 1 aromatic heterocycles. The van der Waals surface area contributed by atoms with E-state index in [1.165, 1.54) is 20.3 Å². The van der Waals surface area contributed by atoms with E-state index in [2.05, 4.69) is 10.3 Å². The Hall–Kier alpha value is -1.36. The van der Waals surface area contributed by atoms with Crippen molar-refractivity contribution >= 4 is 0 Å². The van der Waals surface area contributed by atoms with Gasteiger partial charge in [-0.3, -0.25) is 0 Å². The van der Waals surface area contributed by atoms with Crippen LogP contribution in [0.5, 0.6) is 11.6 Å². The van der Waals surface area contributed by atoms with Gasteiger partial charge >= 0.3 is 0 Å². The van der Waals surface area contributed by atoms with Gasteiger partial charge in [-0.15, -0.1) is 0 Å². The molecular formula is C12H17FN2O2. The summed E-state index contributed by atoms with van der Waals surface area (Å²) in [6.45, 7) is 0.894. The molecule has 94 valence electrons. The summed E-state index contributed by atoms with van der Waals surface area (Å²) in [6.07, 6.45) is 3.10. The first-order valence-electron chi connectivity index (χ1n) is 5.78. The normalized spacial score (nSPS) is 20.1. The van der Waals surface area contributed by atoms with Crippen molar-refractivity contribution in [3.63, 3.8) is 0 Å². The lowest BCUT2D eigenvalue weighted by atomic mass is 10.0. The molecule has 1 aromatic rings. The van der Waals surface area contributed by atoms with Crippen LogP contribution in [0, 0.1) is 5.82 Å². The summed E-state index contributed by atoms with van der Waals surface area (Å²) in [5.74, 6) is 0.164. The highest BCUT2D eigenvalue weighted by molar-refractivity contribution is 5.34. The average molecular weight is 240 g/mol. The number of piperidine rings is 1. The molecule has 0 aliphatic carbocycles. The van der Waals surface area contributed by atoms with Gasteiger partial charge in [0.25, 0.3) is 0 Å². The molecule has 0 saturated carbocycles. The van der Waals surface area contributed by atoms with Gasteiger partial charge in [-0.05, 0) is 19.4 Å². The van der Waals surface area contributed by atoms with Crippen molar-refractivity contribution in [3.05, 3.63) is 17.6 Å². The van der Waals surface area contributed by atoms with Crippen LogP contribution in [-0.2, 0) is 0 Å². The maximum absolute atomic E-state index is 14.1. The molecule has 1 aliphatic rings. The second kappa shape index (κ2) is 5.31. The Balaban J connectivity index is 2.36. The summed E-state index contributed by atoms with van der Waals surface area (Å²) in [6, 6.07) is 1.41. The van der Waals surface area contributed by atoms with Crippen LogP contribution < -0.4 is 14.8 Å². The van der Waals surface area contributed by atoms with Crippen LogP contribution in [0.4, 0.5) is 4.39 Å². The number of nitrogens with zero attached hydrogens (tertiary/aromatic N) is 1. The maximum Gasteiger partial charge on any atom is 0.217 e. The molecule has 2 heterocycles. The van der Waals surface area contributed by atoms with Crippen LogP contribution in [-0.4, -0.2) is 25.7 Å². The fraction of sp³-hybridized carbons (Fsp3) is 0.583. The molecule has 1 atom stereocenters. The Kier molecular flexibility index (Phi) is 3.78. The number of halogens is 1. The summed E-state index contributed by atoms with van der Waals surface area (Å²) >= 11 is 0. The van der Waals surface area contributed by atoms with Crippen LogP contribution in [0.3, 0.4) is 0 Å². The molecule has 17 heavy (non-hydrogen) atoms. The first kappa shape index (κ1) is 12.1. The van der Waals surface area contributed by atoms with Crippen LogP contribution in [0.25, 0.3) is 0 Å². The van der Waals surface area contributed by atoms with Gasteiger partial charge in [0.1, 0.15) is 5.69 Å². The van der Waals surface area contributed by atoms with Gasteiger partial charge in [-0.25, -0.2) is 9.37 Å². The summed E-state index contributed by atoms with van der Waals surface area (Å²) in [5.41, 5.74) is 0.390. The molecule has 5 heteroatoms. The topological polar surface area (TPSA) is 43.4 Å². The van der Waals surface area contributed by atoms with E-state index in [9.17, 15) is 4.39 Å². The number of ether oxygens (including phenoxy) is 2. The Bertz CT molecular complexity index is 392. The molecule has 1 aliphatic heterocycles. The lowest BCUT2D eigenvalue weighted by Crippen LogP contribution is -2.28. The highest BCUT2D eigenvalue weighted by Crippen LogP contribution is 2.31. The molecule has 1 unspecified atom stereocenters. The predicted molar refractivity (Wildman–Crippen MR) is 61.9 cm³/mol. The zero-order valence-electron chi connectivity index (χ0n) is 10.1. The predicted octanol–water partition coefficient (Wildman–Crippen LogP) is 2.05. The monoisotopic (exact) mass is 240 g/mol. The smallest absolute Gasteiger partial charge is 0.217 e. The fourth-order valence-corrected chi connectivity index (χ4v) is 2.07. The Labute approximate surface area is 100 Å². The first-order chi connectivity index (χ1) is 8.26. The summed E-state index contributed by atoms with van der Waals surface area (Å²) < 4.78 is 24.1. The van der Waals surface area contributed by atoms with E-state index >= 15 is 0 Å². The number of pyridine rings is 1. The summed E-state index contributed by atoms with van der Waals surface area (Å²) in [4.78, 5) is 4.18. The van der Waals surface area contributed by atoms with E-state index < -0.39 is 5.82 Å². The zero-order valence-corrected chi connectivity index (χ0v) is 10.1. The van der Waals surface area contributed by atoms with Gasteiger partial charge < -0.3 is 14.8 Å². The van der Waals surface area contributed by atoms with E-state index in [1.54, 1.807) is 0 Å². The minimum Gasteiger partial charge on any atom is -0.493 e. The van der Waals surface area contributed by atoms with Crippen molar-refractivity contribution in [2.24, 2.45) is 0 Å². The molecule has 0 radical (unpaired) electrons. The first-order valence-corrected chi connectivity index (χ1v) is 5.78. The number of methoxy groups -OCH3 is 2. The average Bonchev–Trinajstić information content (AvgIpc) is 2.40. The molecule has 2 rings (SSSR count). The SMILES string of the molecule is COc1cc(OC)c(F)c(C2CCCCN2)n1. The van der Waals surface area contributed by atoms with Gasteiger partial charge in [0.2, 0.25) is 5.88 Å². The summed E-state index contributed by atoms with van der Waals surface area (Å²) in [5, 5.41) is 3.27. The highest BCUT2D eigenvalue weighted by Gasteiger charge is 2.23. The van der Waals surface area contributed by atoms with E-state index in [-0.39, 0.29) is 11.8 Å². The third-order valence-corrected chi connectivity index (χ3v) is 3.00. The van der Waals surface area contributed by atoms with E-state index in [4.69, 9.17) is 9.47 Å². The minimum absolute atomic E-state index is 0.0484. The van der Waals surface area contributed by atoms with Gasteiger partial charge in [-0.1, -0.05) is 6.42 Å². The van der Waals surface area contributed by atoms with Crippen LogP contribution >= 0.6 is 0 Å². The van der Waals surface area contributed by atoms with Gasteiger partial charge in [0.05, 0.1) is 20.3 Å².